The number of nitrogens with one attached hydrogen (secondary N) is 2. The largest absolute Gasteiger partial charge is 0.488 e. The van der Waals surface area contributed by atoms with Gasteiger partial charge in [-0.1, -0.05) is 43.3 Å². The van der Waals surface area contributed by atoms with Gasteiger partial charge in [0.1, 0.15) is 12.4 Å². The lowest BCUT2D eigenvalue weighted by Crippen LogP contribution is -2.32. The lowest BCUT2D eigenvalue weighted by molar-refractivity contribution is 0.0936. The Balaban J connectivity index is 1.60. The van der Waals surface area contributed by atoms with Crippen molar-refractivity contribution in [1.29, 1.82) is 0 Å². The Kier molecular flexibility index (Phi) is 8.40. The van der Waals surface area contributed by atoms with Crippen molar-refractivity contribution in [2.75, 3.05) is 0 Å². The molecule has 3 amide bonds. The summed E-state index contributed by atoms with van der Waals surface area (Å²) in [5.41, 5.74) is 8.33. The van der Waals surface area contributed by atoms with Gasteiger partial charge in [0.15, 0.2) is 0 Å². The van der Waals surface area contributed by atoms with Crippen molar-refractivity contribution in [3.05, 3.63) is 101 Å². The topological polar surface area (TPSA) is 111 Å². The normalized spacial score (nSPS) is 11.4. The molecule has 0 aliphatic heterocycles. The third kappa shape index (κ3) is 6.68. The second-order valence-corrected chi connectivity index (χ2v) is 8.02. The van der Waals surface area contributed by atoms with E-state index in [-0.39, 0.29) is 31.0 Å². The van der Waals surface area contributed by atoms with Gasteiger partial charge in [-0.2, -0.15) is 0 Å². The highest BCUT2D eigenvalue weighted by Gasteiger charge is 2.12. The summed E-state index contributed by atoms with van der Waals surface area (Å²) < 4.78 is 5.75. The van der Waals surface area contributed by atoms with Gasteiger partial charge in [-0.3, -0.25) is 14.4 Å². The van der Waals surface area contributed by atoms with E-state index < -0.39 is 5.91 Å². The molecule has 0 aliphatic rings. The van der Waals surface area contributed by atoms with Crippen molar-refractivity contribution in [2.24, 2.45) is 5.73 Å². The number of rotatable bonds is 10. The van der Waals surface area contributed by atoms with Crippen LogP contribution in [-0.2, 0) is 13.2 Å². The molecule has 0 radical (unpaired) electrons. The maximum Gasteiger partial charge on any atom is 0.252 e. The Morgan fingerprint density at radius 1 is 0.882 bits per heavy atom. The van der Waals surface area contributed by atoms with Crippen LogP contribution in [0.4, 0.5) is 0 Å². The highest BCUT2D eigenvalue weighted by molar-refractivity contribution is 5.96. The fourth-order valence-corrected chi connectivity index (χ4v) is 3.28. The molecule has 0 heterocycles. The van der Waals surface area contributed by atoms with Crippen molar-refractivity contribution in [2.45, 2.75) is 39.5 Å². The van der Waals surface area contributed by atoms with Gasteiger partial charge in [0, 0.05) is 23.7 Å². The number of benzene rings is 3. The van der Waals surface area contributed by atoms with Crippen LogP contribution < -0.4 is 21.1 Å². The van der Waals surface area contributed by atoms with Gasteiger partial charge in [0.05, 0.1) is 5.56 Å². The van der Waals surface area contributed by atoms with Crippen LogP contribution in [0, 0.1) is 0 Å². The maximum absolute atomic E-state index is 12.7. The van der Waals surface area contributed by atoms with Crippen molar-refractivity contribution in [3.8, 4) is 5.75 Å². The maximum atomic E-state index is 12.7. The van der Waals surface area contributed by atoms with Gasteiger partial charge in [0.25, 0.3) is 17.7 Å². The minimum atomic E-state index is -0.565. The molecule has 3 aromatic rings. The van der Waals surface area contributed by atoms with Crippen LogP contribution in [0.3, 0.4) is 0 Å². The fraction of sp³-hybridized carbons (Fsp3) is 0.222. The number of ether oxygens (including phenoxy) is 1. The monoisotopic (exact) mass is 459 g/mol. The predicted octanol–water partition coefficient (Wildman–Crippen LogP) is 3.82. The average Bonchev–Trinajstić information content (AvgIpc) is 2.86. The minimum absolute atomic E-state index is 0.0939. The Bertz CT molecular complexity index is 1180. The number of para-hydroxylation sites is 1. The van der Waals surface area contributed by atoms with E-state index >= 15 is 0 Å². The molecule has 0 bridgehead atoms. The van der Waals surface area contributed by atoms with E-state index in [4.69, 9.17) is 10.5 Å². The molecular weight excluding hydrogens is 430 g/mol. The summed E-state index contributed by atoms with van der Waals surface area (Å²) in [5, 5.41) is 5.83. The van der Waals surface area contributed by atoms with E-state index in [1.54, 1.807) is 60.7 Å². The standard InChI is InChI=1S/C27H29N3O4/c1-3-18(2)30-27(33)22-11-6-8-19(14-22)16-29-26(32)21-10-7-9-20(15-21)17-34-24-13-5-4-12-23(24)25(28)31/h4-15,18H,3,16-17H2,1-2H3,(H2,28,31)(H,29,32)(H,30,33). The molecule has 0 spiro atoms. The Hall–Kier alpha value is -4.13. The number of hydrogen-bond donors (Lipinski definition) is 3. The van der Waals surface area contributed by atoms with Crippen LogP contribution >= 0.6 is 0 Å². The SMILES string of the molecule is CCC(C)NC(=O)c1cccc(CNC(=O)c2cccc(COc3ccccc3C(N)=O)c2)c1. The number of carbonyl (C=O) groups excluding carboxylic acids is 3. The molecule has 1 unspecified atom stereocenters. The Labute approximate surface area is 199 Å². The van der Waals surface area contributed by atoms with E-state index in [1.807, 2.05) is 26.0 Å². The van der Waals surface area contributed by atoms with Gasteiger partial charge >= 0.3 is 0 Å². The smallest absolute Gasteiger partial charge is 0.252 e. The highest BCUT2D eigenvalue weighted by Crippen LogP contribution is 2.19. The zero-order valence-electron chi connectivity index (χ0n) is 19.3. The molecule has 0 saturated carbocycles. The van der Waals surface area contributed by atoms with Crippen LogP contribution in [-0.4, -0.2) is 23.8 Å². The molecule has 0 aliphatic carbocycles. The molecule has 7 heteroatoms. The summed E-state index contributed by atoms with van der Waals surface area (Å²) in [6.45, 7) is 4.43. The summed E-state index contributed by atoms with van der Waals surface area (Å²) in [7, 11) is 0. The molecule has 0 aromatic heterocycles. The van der Waals surface area contributed by atoms with Crippen molar-refractivity contribution < 1.29 is 19.1 Å². The molecule has 176 valence electrons. The molecule has 0 fully saturated rings. The van der Waals surface area contributed by atoms with E-state index in [1.165, 1.54) is 0 Å². The van der Waals surface area contributed by atoms with Crippen molar-refractivity contribution in [3.63, 3.8) is 0 Å². The molecule has 0 saturated heterocycles. The van der Waals surface area contributed by atoms with E-state index in [0.29, 0.717) is 22.4 Å². The second-order valence-electron chi connectivity index (χ2n) is 8.02. The Morgan fingerprint density at radius 3 is 2.24 bits per heavy atom. The first kappa shape index (κ1) is 24.5. The Morgan fingerprint density at radius 2 is 1.53 bits per heavy atom. The number of hydrogen-bond acceptors (Lipinski definition) is 4. The average molecular weight is 460 g/mol. The van der Waals surface area contributed by atoms with E-state index in [0.717, 1.165) is 17.5 Å². The first-order valence-corrected chi connectivity index (χ1v) is 11.2. The molecule has 4 N–H and O–H groups in total. The van der Waals surface area contributed by atoms with Gasteiger partial charge < -0.3 is 21.1 Å². The van der Waals surface area contributed by atoms with Crippen LogP contribution in [0.2, 0.25) is 0 Å². The second kappa shape index (κ2) is 11.7. The molecular formula is C27H29N3O4. The minimum Gasteiger partial charge on any atom is -0.488 e. The zero-order chi connectivity index (χ0) is 24.5. The first-order valence-electron chi connectivity index (χ1n) is 11.2. The highest BCUT2D eigenvalue weighted by atomic mass is 16.5. The van der Waals surface area contributed by atoms with Crippen LogP contribution in [0.5, 0.6) is 5.75 Å². The fourth-order valence-electron chi connectivity index (χ4n) is 3.28. The zero-order valence-corrected chi connectivity index (χ0v) is 19.3. The molecule has 3 rings (SSSR count). The summed E-state index contributed by atoms with van der Waals surface area (Å²) in [5.74, 6) is -0.547. The van der Waals surface area contributed by atoms with Crippen molar-refractivity contribution >= 4 is 17.7 Å². The van der Waals surface area contributed by atoms with E-state index in [9.17, 15) is 14.4 Å². The number of nitrogens with two attached hydrogens (primary N) is 1. The quantitative estimate of drug-likeness (QED) is 0.428. The summed E-state index contributed by atoms with van der Waals surface area (Å²) in [4.78, 5) is 36.6. The van der Waals surface area contributed by atoms with Gasteiger partial charge in [0.2, 0.25) is 0 Å². The summed E-state index contributed by atoms with van der Waals surface area (Å²) in [6.07, 6.45) is 0.850. The van der Waals surface area contributed by atoms with Crippen LogP contribution in [0.15, 0.2) is 72.8 Å². The molecule has 3 aromatic carbocycles. The van der Waals surface area contributed by atoms with Gasteiger partial charge in [-0.05, 0) is 60.9 Å². The van der Waals surface area contributed by atoms with E-state index in [2.05, 4.69) is 10.6 Å². The third-order valence-electron chi connectivity index (χ3n) is 5.37. The van der Waals surface area contributed by atoms with Crippen LogP contribution in [0.25, 0.3) is 0 Å². The van der Waals surface area contributed by atoms with Crippen molar-refractivity contribution in [1.82, 2.24) is 10.6 Å². The van der Waals surface area contributed by atoms with Gasteiger partial charge in [-0.15, -0.1) is 0 Å². The van der Waals surface area contributed by atoms with Gasteiger partial charge in [-0.25, -0.2) is 0 Å². The molecule has 7 nitrogen and oxygen atoms in total. The molecule has 34 heavy (non-hydrogen) atoms. The first-order chi connectivity index (χ1) is 16.4. The van der Waals surface area contributed by atoms with Crippen LogP contribution in [0.1, 0.15) is 62.5 Å². The number of amides is 3. The third-order valence-corrected chi connectivity index (χ3v) is 5.37. The number of carbonyl (C=O) groups is 3. The predicted molar refractivity (Wildman–Crippen MR) is 131 cm³/mol. The summed E-state index contributed by atoms with van der Waals surface area (Å²) in [6, 6.07) is 21.1. The summed E-state index contributed by atoms with van der Waals surface area (Å²) >= 11 is 0. The molecule has 1 atom stereocenters. The lowest BCUT2D eigenvalue weighted by atomic mass is 10.1. The lowest BCUT2D eigenvalue weighted by Gasteiger charge is -2.12. The number of primary amides is 1.